The number of methoxy groups -OCH3 is 1. The van der Waals surface area contributed by atoms with Crippen molar-refractivity contribution in [2.45, 2.75) is 25.9 Å². The highest BCUT2D eigenvalue weighted by atomic mass is 35.5. The molecule has 0 saturated carbocycles. The second kappa shape index (κ2) is 8.91. The molecular formula is C13H21ClN2O2. The molecule has 18 heavy (non-hydrogen) atoms. The average molecular weight is 273 g/mol. The molecule has 0 radical (unpaired) electrons. The Labute approximate surface area is 114 Å². The Kier molecular flexibility index (Phi) is 8.37. The van der Waals surface area contributed by atoms with Gasteiger partial charge in [-0.2, -0.15) is 0 Å². The summed E-state index contributed by atoms with van der Waals surface area (Å²) in [6.45, 7) is 3.04. The maximum absolute atomic E-state index is 11.9. The van der Waals surface area contributed by atoms with Crippen molar-refractivity contribution in [3.05, 3.63) is 35.4 Å². The monoisotopic (exact) mass is 272 g/mol. The average Bonchev–Trinajstić information content (AvgIpc) is 2.38. The zero-order chi connectivity index (χ0) is 12.7. The van der Waals surface area contributed by atoms with Gasteiger partial charge < -0.3 is 15.8 Å². The van der Waals surface area contributed by atoms with Crippen LogP contribution in [-0.2, 0) is 11.3 Å². The molecule has 0 aliphatic heterocycles. The fraction of sp³-hybridized carbons (Fsp3) is 0.462. The number of amides is 1. The second-order valence-corrected chi connectivity index (χ2v) is 3.94. The van der Waals surface area contributed by atoms with E-state index in [-0.39, 0.29) is 24.4 Å². The molecule has 1 unspecified atom stereocenters. The van der Waals surface area contributed by atoms with E-state index < -0.39 is 0 Å². The molecule has 5 heteroatoms. The molecule has 0 heterocycles. The number of hydrogen-bond donors (Lipinski definition) is 2. The van der Waals surface area contributed by atoms with Gasteiger partial charge in [-0.3, -0.25) is 4.79 Å². The van der Waals surface area contributed by atoms with Crippen LogP contribution in [0.4, 0.5) is 0 Å². The first-order valence-electron chi connectivity index (χ1n) is 5.80. The number of ether oxygens (including phenoxy) is 1. The number of halogens is 1. The Balaban J connectivity index is 0.00000289. The summed E-state index contributed by atoms with van der Waals surface area (Å²) in [4.78, 5) is 11.9. The van der Waals surface area contributed by atoms with Crippen LogP contribution in [0.3, 0.4) is 0 Å². The largest absolute Gasteiger partial charge is 0.383 e. The lowest BCUT2D eigenvalue weighted by atomic mass is 10.1. The smallest absolute Gasteiger partial charge is 0.251 e. The fourth-order valence-electron chi connectivity index (χ4n) is 1.52. The van der Waals surface area contributed by atoms with Gasteiger partial charge in [0.25, 0.3) is 5.91 Å². The van der Waals surface area contributed by atoms with E-state index in [0.29, 0.717) is 18.7 Å². The second-order valence-electron chi connectivity index (χ2n) is 3.94. The maximum atomic E-state index is 11.9. The Morgan fingerprint density at radius 1 is 1.39 bits per heavy atom. The standard InChI is InChI=1S/C13H20N2O2.ClH/c1-3-12(9-17-2)15-13(16)11-6-4-10(8-14)5-7-11;/h4-7,12H,3,8-9,14H2,1-2H3,(H,15,16);1H. The number of rotatable bonds is 6. The third kappa shape index (κ3) is 5.04. The van der Waals surface area contributed by atoms with Gasteiger partial charge in [0.1, 0.15) is 0 Å². The molecule has 0 spiro atoms. The topological polar surface area (TPSA) is 64.3 Å². The third-order valence-electron chi connectivity index (χ3n) is 2.65. The first-order valence-corrected chi connectivity index (χ1v) is 5.80. The van der Waals surface area contributed by atoms with Gasteiger partial charge in [-0.1, -0.05) is 19.1 Å². The van der Waals surface area contributed by atoms with E-state index in [1.807, 2.05) is 19.1 Å². The van der Waals surface area contributed by atoms with Crippen LogP contribution in [0, 0.1) is 0 Å². The SMILES string of the molecule is CCC(COC)NC(=O)c1ccc(CN)cc1.Cl. The molecule has 0 bridgehead atoms. The molecule has 1 amide bonds. The van der Waals surface area contributed by atoms with Crippen molar-refractivity contribution in [1.29, 1.82) is 0 Å². The highest BCUT2D eigenvalue weighted by molar-refractivity contribution is 5.94. The minimum absolute atomic E-state index is 0. The summed E-state index contributed by atoms with van der Waals surface area (Å²) in [5.41, 5.74) is 7.17. The van der Waals surface area contributed by atoms with Crippen molar-refractivity contribution in [2.75, 3.05) is 13.7 Å². The number of carbonyl (C=O) groups excluding carboxylic acids is 1. The van der Waals surface area contributed by atoms with E-state index in [1.54, 1.807) is 19.2 Å². The van der Waals surface area contributed by atoms with E-state index >= 15 is 0 Å². The van der Waals surface area contributed by atoms with Crippen molar-refractivity contribution in [3.63, 3.8) is 0 Å². The van der Waals surface area contributed by atoms with Crippen LogP contribution in [-0.4, -0.2) is 25.7 Å². The summed E-state index contributed by atoms with van der Waals surface area (Å²) >= 11 is 0. The predicted octanol–water partition coefficient (Wildman–Crippen LogP) is 1.72. The lowest BCUT2D eigenvalue weighted by Crippen LogP contribution is -2.37. The molecule has 0 aliphatic rings. The Morgan fingerprint density at radius 3 is 2.44 bits per heavy atom. The van der Waals surface area contributed by atoms with Gasteiger partial charge in [0.2, 0.25) is 0 Å². The van der Waals surface area contributed by atoms with Crippen LogP contribution in [0.5, 0.6) is 0 Å². The van der Waals surface area contributed by atoms with Crippen molar-refractivity contribution in [2.24, 2.45) is 5.73 Å². The van der Waals surface area contributed by atoms with Gasteiger partial charge in [0, 0.05) is 19.2 Å². The van der Waals surface area contributed by atoms with E-state index in [0.717, 1.165) is 12.0 Å². The van der Waals surface area contributed by atoms with E-state index in [2.05, 4.69) is 5.32 Å². The number of hydrogen-bond acceptors (Lipinski definition) is 3. The first-order chi connectivity index (χ1) is 8.21. The van der Waals surface area contributed by atoms with Gasteiger partial charge in [0.05, 0.1) is 12.6 Å². The Morgan fingerprint density at radius 2 is 2.00 bits per heavy atom. The van der Waals surface area contributed by atoms with Crippen LogP contribution in [0.25, 0.3) is 0 Å². The summed E-state index contributed by atoms with van der Waals surface area (Å²) in [6, 6.07) is 7.37. The zero-order valence-electron chi connectivity index (χ0n) is 10.8. The molecule has 0 aliphatic carbocycles. The minimum atomic E-state index is -0.0718. The summed E-state index contributed by atoms with van der Waals surface area (Å²) in [5, 5.41) is 2.93. The van der Waals surface area contributed by atoms with Gasteiger partial charge >= 0.3 is 0 Å². The molecule has 102 valence electrons. The maximum Gasteiger partial charge on any atom is 0.251 e. The highest BCUT2D eigenvalue weighted by Gasteiger charge is 2.11. The number of carbonyl (C=O) groups is 1. The number of benzene rings is 1. The van der Waals surface area contributed by atoms with Crippen LogP contribution >= 0.6 is 12.4 Å². The summed E-state index contributed by atoms with van der Waals surface area (Å²) in [7, 11) is 1.63. The number of nitrogens with one attached hydrogen (secondary N) is 1. The molecule has 0 aromatic heterocycles. The van der Waals surface area contributed by atoms with E-state index in [9.17, 15) is 4.79 Å². The van der Waals surface area contributed by atoms with Gasteiger partial charge in [-0.25, -0.2) is 0 Å². The lowest BCUT2D eigenvalue weighted by Gasteiger charge is -2.15. The quantitative estimate of drug-likeness (QED) is 0.829. The lowest BCUT2D eigenvalue weighted by molar-refractivity contribution is 0.0894. The van der Waals surface area contributed by atoms with E-state index in [4.69, 9.17) is 10.5 Å². The molecule has 3 N–H and O–H groups in total. The summed E-state index contributed by atoms with van der Waals surface area (Å²) < 4.78 is 5.04. The highest BCUT2D eigenvalue weighted by Crippen LogP contribution is 2.04. The number of nitrogens with two attached hydrogens (primary N) is 1. The third-order valence-corrected chi connectivity index (χ3v) is 2.65. The molecule has 1 rings (SSSR count). The van der Waals surface area contributed by atoms with Crippen LogP contribution in [0.1, 0.15) is 29.3 Å². The zero-order valence-corrected chi connectivity index (χ0v) is 11.6. The molecular weight excluding hydrogens is 252 g/mol. The Hall–Kier alpha value is -1.10. The van der Waals surface area contributed by atoms with Crippen LogP contribution < -0.4 is 11.1 Å². The fourth-order valence-corrected chi connectivity index (χ4v) is 1.52. The molecule has 4 nitrogen and oxygen atoms in total. The van der Waals surface area contributed by atoms with Crippen LogP contribution in [0.2, 0.25) is 0 Å². The summed E-state index contributed by atoms with van der Waals surface area (Å²) in [6.07, 6.45) is 0.848. The van der Waals surface area contributed by atoms with Gasteiger partial charge in [-0.15, -0.1) is 12.4 Å². The van der Waals surface area contributed by atoms with Crippen molar-refractivity contribution in [3.8, 4) is 0 Å². The molecule has 1 atom stereocenters. The normalized spacial score (nSPS) is 11.5. The molecule has 0 saturated heterocycles. The molecule has 1 aromatic rings. The van der Waals surface area contributed by atoms with Crippen LogP contribution in [0.15, 0.2) is 24.3 Å². The van der Waals surface area contributed by atoms with Crippen molar-refractivity contribution >= 4 is 18.3 Å². The van der Waals surface area contributed by atoms with Gasteiger partial charge in [-0.05, 0) is 24.1 Å². The predicted molar refractivity (Wildman–Crippen MR) is 75.0 cm³/mol. The molecule has 1 aromatic carbocycles. The van der Waals surface area contributed by atoms with E-state index in [1.165, 1.54) is 0 Å². The minimum Gasteiger partial charge on any atom is -0.383 e. The molecule has 0 fully saturated rings. The van der Waals surface area contributed by atoms with Crippen molar-refractivity contribution < 1.29 is 9.53 Å². The first kappa shape index (κ1) is 16.9. The van der Waals surface area contributed by atoms with Gasteiger partial charge in [0.15, 0.2) is 0 Å². The Bertz CT molecular complexity index is 355. The summed E-state index contributed by atoms with van der Waals surface area (Å²) in [5.74, 6) is -0.0718. The van der Waals surface area contributed by atoms with Crippen molar-refractivity contribution in [1.82, 2.24) is 5.32 Å².